The minimum Gasteiger partial charge on any atom is -0.491 e. The van der Waals surface area contributed by atoms with Gasteiger partial charge < -0.3 is 34.5 Å². The summed E-state index contributed by atoms with van der Waals surface area (Å²) < 4.78 is 18.4. The maximum atomic E-state index is 13.4. The quantitative estimate of drug-likeness (QED) is 0.288. The van der Waals surface area contributed by atoms with E-state index in [1.165, 1.54) is 0 Å². The zero-order valence-corrected chi connectivity index (χ0v) is 23.5. The van der Waals surface area contributed by atoms with Crippen LogP contribution in [0.2, 0.25) is 0 Å². The highest BCUT2D eigenvalue weighted by atomic mass is 16.5. The summed E-state index contributed by atoms with van der Waals surface area (Å²) in [5.74, 6) is -1.81. The molecule has 0 saturated heterocycles. The first kappa shape index (κ1) is 30.1. The molecule has 1 aliphatic heterocycles. The Morgan fingerprint density at radius 2 is 1.95 bits per heavy atom. The maximum Gasteiger partial charge on any atom is 0.304 e. The van der Waals surface area contributed by atoms with Gasteiger partial charge in [-0.05, 0) is 48.6 Å². The van der Waals surface area contributed by atoms with Gasteiger partial charge in [-0.1, -0.05) is 30.3 Å². The molecule has 0 spiro atoms. The van der Waals surface area contributed by atoms with Crippen LogP contribution in [0, 0.1) is 5.92 Å². The molecule has 10 nitrogen and oxygen atoms in total. The molecule has 0 fully saturated rings. The summed E-state index contributed by atoms with van der Waals surface area (Å²) in [5, 5.41) is 16.3. The van der Waals surface area contributed by atoms with Gasteiger partial charge in [-0.15, -0.1) is 0 Å². The summed E-state index contributed by atoms with van der Waals surface area (Å²) in [6.07, 6.45) is 3.68. The van der Waals surface area contributed by atoms with E-state index in [4.69, 9.17) is 14.2 Å². The van der Waals surface area contributed by atoms with Crippen LogP contribution >= 0.6 is 0 Å². The van der Waals surface area contributed by atoms with Gasteiger partial charge in [0.2, 0.25) is 11.8 Å². The molecule has 0 aliphatic carbocycles. The number of nitrogens with zero attached hydrogens (tertiary/aromatic N) is 1. The zero-order chi connectivity index (χ0) is 29.0. The summed E-state index contributed by atoms with van der Waals surface area (Å²) in [5.41, 5.74) is 3.04. The minimum absolute atomic E-state index is 0.296. The summed E-state index contributed by atoms with van der Waals surface area (Å²) in [6, 6.07) is 14.8. The number of aliphatic carboxylic acids is 1. The lowest BCUT2D eigenvalue weighted by Crippen LogP contribution is -2.50. The number of ether oxygens (including phenoxy) is 3. The molecule has 41 heavy (non-hydrogen) atoms. The molecule has 1 aliphatic rings. The number of nitrogens with one attached hydrogen (secondary N) is 2. The number of carbonyl (C=O) groups is 3. The van der Waals surface area contributed by atoms with E-state index in [2.05, 4.69) is 15.2 Å². The predicted octanol–water partition coefficient (Wildman–Crippen LogP) is 2.95. The number of carboxylic acids is 1. The Hall–Kier alpha value is -3.89. The smallest absolute Gasteiger partial charge is 0.304 e. The van der Waals surface area contributed by atoms with Gasteiger partial charge in [0.05, 0.1) is 26.2 Å². The fourth-order valence-corrected chi connectivity index (χ4v) is 5.11. The van der Waals surface area contributed by atoms with E-state index in [0.717, 1.165) is 27.8 Å². The Bertz CT molecular complexity index is 1300. The molecule has 2 heterocycles. The summed E-state index contributed by atoms with van der Waals surface area (Å²) in [6.45, 7) is 2.87. The molecule has 4 rings (SSSR count). The average molecular weight is 566 g/mol. The molecule has 1 unspecified atom stereocenters. The van der Waals surface area contributed by atoms with Crippen molar-refractivity contribution in [3.63, 3.8) is 0 Å². The predicted molar refractivity (Wildman–Crippen MR) is 154 cm³/mol. The summed E-state index contributed by atoms with van der Waals surface area (Å²) >= 11 is 0. The van der Waals surface area contributed by atoms with Crippen molar-refractivity contribution in [2.45, 2.75) is 44.7 Å². The van der Waals surface area contributed by atoms with E-state index in [-0.39, 0.29) is 12.3 Å². The van der Waals surface area contributed by atoms with Crippen molar-refractivity contribution in [1.29, 1.82) is 0 Å². The molecule has 2 amide bonds. The Labute approximate surface area is 240 Å². The third-order valence-corrected chi connectivity index (χ3v) is 7.24. The number of hydrogen-bond acceptors (Lipinski definition) is 6. The van der Waals surface area contributed by atoms with Gasteiger partial charge in [-0.2, -0.15) is 0 Å². The number of carbonyl (C=O) groups excluding carboxylic acids is 2. The van der Waals surface area contributed by atoms with Crippen LogP contribution in [0.5, 0.6) is 5.75 Å². The van der Waals surface area contributed by atoms with Crippen molar-refractivity contribution in [2.24, 2.45) is 5.92 Å². The first-order chi connectivity index (χ1) is 19.9. The van der Waals surface area contributed by atoms with Crippen molar-refractivity contribution >= 4 is 28.7 Å². The number of methoxy groups -OCH3 is 1. The molecule has 2 atom stereocenters. The first-order valence-electron chi connectivity index (χ1n) is 14.1. The van der Waals surface area contributed by atoms with E-state index in [0.29, 0.717) is 65.2 Å². The van der Waals surface area contributed by atoms with Crippen LogP contribution in [-0.2, 0) is 43.2 Å². The third-order valence-electron chi connectivity index (χ3n) is 7.24. The van der Waals surface area contributed by atoms with Gasteiger partial charge in [0.1, 0.15) is 18.4 Å². The highest BCUT2D eigenvalue weighted by Crippen LogP contribution is 2.24. The minimum atomic E-state index is -1.05. The van der Waals surface area contributed by atoms with Gasteiger partial charge in [-0.3, -0.25) is 14.4 Å². The largest absolute Gasteiger partial charge is 0.491 e. The molecule has 220 valence electrons. The van der Waals surface area contributed by atoms with Crippen LogP contribution < -0.4 is 15.4 Å². The standard InChI is InChI=1S/C31H39N3O7/c1-39-17-18-41-25-11-9-22(10-12-25)5-4-6-23(20-29(35)36)30(37)33-27-19-24-21-34(28-8-3-2-7-26(24)28)14-16-40-15-13-32-31(27)38/h2-3,7-12,21,23,27H,4-6,13-20H2,1H3,(H,32,38)(H,33,37)(H,35,36)/t23-,27?/m1/s1. The number of fused-ring (bicyclic) bond motifs is 5. The maximum absolute atomic E-state index is 13.4. The molecule has 1 aromatic heterocycles. The van der Waals surface area contributed by atoms with Gasteiger partial charge in [0.25, 0.3) is 0 Å². The van der Waals surface area contributed by atoms with E-state index in [1.54, 1.807) is 7.11 Å². The van der Waals surface area contributed by atoms with Gasteiger partial charge in [-0.25, -0.2) is 0 Å². The molecular formula is C31H39N3O7. The van der Waals surface area contributed by atoms with E-state index in [9.17, 15) is 19.5 Å². The lowest BCUT2D eigenvalue weighted by molar-refractivity contribution is -0.141. The molecule has 2 bridgehead atoms. The number of benzene rings is 2. The molecule has 0 saturated carbocycles. The Kier molecular flexibility index (Phi) is 11.2. The second kappa shape index (κ2) is 15.2. The Morgan fingerprint density at radius 3 is 2.73 bits per heavy atom. The third kappa shape index (κ3) is 8.80. The Balaban J connectivity index is 1.42. The number of para-hydroxylation sites is 1. The van der Waals surface area contributed by atoms with Crippen molar-refractivity contribution in [3.8, 4) is 5.75 Å². The fraction of sp³-hybridized carbons (Fsp3) is 0.452. The number of rotatable bonds is 12. The van der Waals surface area contributed by atoms with E-state index < -0.39 is 23.8 Å². The number of aromatic nitrogens is 1. The van der Waals surface area contributed by atoms with Crippen LogP contribution in [-0.4, -0.2) is 73.6 Å². The van der Waals surface area contributed by atoms with Crippen LogP contribution in [0.3, 0.4) is 0 Å². The average Bonchev–Trinajstić information content (AvgIpc) is 3.31. The number of amides is 2. The lowest BCUT2D eigenvalue weighted by Gasteiger charge is -2.22. The molecule has 3 aromatic rings. The van der Waals surface area contributed by atoms with Crippen molar-refractivity contribution < 1.29 is 33.7 Å². The SMILES string of the molecule is COCCOc1ccc(CCC[C@H](CC(=O)O)C(=O)NC2Cc3cn(c4ccccc34)CCOCCNC2=O)cc1. The molecule has 0 radical (unpaired) electrons. The van der Waals surface area contributed by atoms with Crippen molar-refractivity contribution in [3.05, 3.63) is 65.9 Å². The van der Waals surface area contributed by atoms with Crippen molar-refractivity contribution in [2.75, 3.05) is 40.1 Å². The van der Waals surface area contributed by atoms with Gasteiger partial charge in [0.15, 0.2) is 0 Å². The normalized spacial score (nSPS) is 16.7. The van der Waals surface area contributed by atoms with E-state index in [1.807, 2.05) is 54.7 Å². The second-order valence-corrected chi connectivity index (χ2v) is 10.2. The highest BCUT2D eigenvalue weighted by molar-refractivity contribution is 5.91. The summed E-state index contributed by atoms with van der Waals surface area (Å²) in [4.78, 5) is 38.2. The molecule has 3 N–H and O–H groups in total. The van der Waals surface area contributed by atoms with E-state index >= 15 is 0 Å². The second-order valence-electron chi connectivity index (χ2n) is 10.2. The van der Waals surface area contributed by atoms with Crippen LogP contribution in [0.25, 0.3) is 10.9 Å². The zero-order valence-electron chi connectivity index (χ0n) is 23.5. The summed E-state index contributed by atoms with van der Waals surface area (Å²) in [7, 11) is 1.62. The van der Waals surface area contributed by atoms with Gasteiger partial charge >= 0.3 is 5.97 Å². The lowest BCUT2D eigenvalue weighted by atomic mass is 9.94. The highest BCUT2D eigenvalue weighted by Gasteiger charge is 2.28. The van der Waals surface area contributed by atoms with Crippen LogP contribution in [0.4, 0.5) is 0 Å². The number of hydrogen-bond donors (Lipinski definition) is 3. The monoisotopic (exact) mass is 565 g/mol. The van der Waals surface area contributed by atoms with Crippen LogP contribution in [0.15, 0.2) is 54.7 Å². The topological polar surface area (TPSA) is 128 Å². The fourth-order valence-electron chi connectivity index (χ4n) is 5.11. The Morgan fingerprint density at radius 1 is 1.15 bits per heavy atom. The van der Waals surface area contributed by atoms with Crippen molar-refractivity contribution in [1.82, 2.24) is 15.2 Å². The van der Waals surface area contributed by atoms with Crippen LogP contribution in [0.1, 0.15) is 30.4 Å². The molecular weight excluding hydrogens is 526 g/mol. The number of carboxylic acid groups (broad SMARTS) is 1. The molecule has 2 aromatic carbocycles. The van der Waals surface area contributed by atoms with Gasteiger partial charge in [0, 0.05) is 49.6 Å². The molecule has 10 heteroatoms. The number of aryl methyl sites for hydroxylation is 1. The first-order valence-corrected chi connectivity index (χ1v) is 14.1.